The van der Waals surface area contributed by atoms with Crippen LogP contribution >= 0.6 is 11.6 Å². The van der Waals surface area contributed by atoms with Crippen molar-refractivity contribution in [2.75, 3.05) is 12.4 Å². The fraction of sp³-hybridized carbons (Fsp3) is 0.615. The summed E-state index contributed by atoms with van der Waals surface area (Å²) < 4.78 is 5.17. The van der Waals surface area contributed by atoms with E-state index in [2.05, 4.69) is 5.32 Å². The van der Waals surface area contributed by atoms with Crippen molar-refractivity contribution in [1.29, 1.82) is 0 Å². The quantitative estimate of drug-likeness (QED) is 0.779. The summed E-state index contributed by atoms with van der Waals surface area (Å²) in [5.74, 6) is 0.752. The van der Waals surface area contributed by atoms with Crippen LogP contribution in [0.1, 0.15) is 26.5 Å². The van der Waals surface area contributed by atoms with E-state index in [0.29, 0.717) is 12.2 Å². The first-order valence-electron chi connectivity index (χ1n) is 5.86. The van der Waals surface area contributed by atoms with E-state index in [1.165, 1.54) is 0 Å². The standard InChI is InChI=1S/C13H20ClNO3/c1-12(2,8-14)11(16)15-9-13(3,17)7-10-5-4-6-18-10/h4-6,17H,7-9H2,1-3H3,(H,15,16). The van der Waals surface area contributed by atoms with Gasteiger partial charge in [0.05, 0.1) is 17.3 Å². The lowest BCUT2D eigenvalue weighted by Gasteiger charge is -2.26. The first-order chi connectivity index (χ1) is 8.27. The van der Waals surface area contributed by atoms with Crippen LogP contribution in [0.25, 0.3) is 0 Å². The van der Waals surface area contributed by atoms with Crippen LogP contribution in [-0.2, 0) is 11.2 Å². The van der Waals surface area contributed by atoms with Gasteiger partial charge in [0, 0.05) is 18.8 Å². The van der Waals surface area contributed by atoms with Crippen LogP contribution in [-0.4, -0.2) is 29.0 Å². The fourth-order valence-corrected chi connectivity index (χ4v) is 1.54. The van der Waals surface area contributed by atoms with Gasteiger partial charge in [0.2, 0.25) is 5.91 Å². The maximum absolute atomic E-state index is 11.8. The van der Waals surface area contributed by atoms with Crippen molar-refractivity contribution in [2.24, 2.45) is 5.41 Å². The van der Waals surface area contributed by atoms with E-state index in [4.69, 9.17) is 16.0 Å². The Hall–Kier alpha value is -1.00. The highest BCUT2D eigenvalue weighted by molar-refractivity contribution is 6.19. The molecule has 0 saturated carbocycles. The molecule has 1 amide bonds. The predicted octanol–water partition coefficient (Wildman–Crippen LogP) is 1.95. The van der Waals surface area contributed by atoms with Crippen LogP contribution in [0.2, 0.25) is 0 Å². The molecule has 0 aliphatic heterocycles. The molecule has 1 rings (SSSR count). The smallest absolute Gasteiger partial charge is 0.226 e. The molecule has 1 aromatic heterocycles. The van der Waals surface area contributed by atoms with E-state index in [0.717, 1.165) is 0 Å². The topological polar surface area (TPSA) is 62.5 Å². The molecule has 0 aliphatic carbocycles. The number of alkyl halides is 1. The third-order valence-electron chi connectivity index (χ3n) is 2.71. The molecule has 5 heteroatoms. The van der Waals surface area contributed by atoms with Crippen molar-refractivity contribution in [1.82, 2.24) is 5.32 Å². The van der Waals surface area contributed by atoms with Crippen LogP contribution in [0.15, 0.2) is 22.8 Å². The van der Waals surface area contributed by atoms with E-state index < -0.39 is 11.0 Å². The highest BCUT2D eigenvalue weighted by Gasteiger charge is 2.29. The molecule has 18 heavy (non-hydrogen) atoms. The normalized spacial score (nSPS) is 15.2. The van der Waals surface area contributed by atoms with E-state index in [1.54, 1.807) is 39.2 Å². The van der Waals surface area contributed by atoms with Gasteiger partial charge in [0.15, 0.2) is 0 Å². The average Bonchev–Trinajstić information content (AvgIpc) is 2.77. The average molecular weight is 274 g/mol. The summed E-state index contributed by atoms with van der Waals surface area (Å²) in [6.45, 7) is 5.34. The molecule has 0 spiro atoms. The van der Waals surface area contributed by atoms with Crippen molar-refractivity contribution in [3.63, 3.8) is 0 Å². The first-order valence-corrected chi connectivity index (χ1v) is 6.39. The lowest BCUT2D eigenvalue weighted by Crippen LogP contribution is -2.46. The van der Waals surface area contributed by atoms with E-state index >= 15 is 0 Å². The minimum absolute atomic E-state index is 0.160. The van der Waals surface area contributed by atoms with E-state index in [9.17, 15) is 9.90 Å². The summed E-state index contributed by atoms with van der Waals surface area (Å²) in [6.07, 6.45) is 1.90. The zero-order chi connectivity index (χ0) is 13.8. The van der Waals surface area contributed by atoms with Gasteiger partial charge in [0.25, 0.3) is 0 Å². The molecule has 1 aromatic rings. The summed E-state index contributed by atoms with van der Waals surface area (Å²) in [6, 6.07) is 3.56. The molecule has 0 aliphatic rings. The maximum Gasteiger partial charge on any atom is 0.226 e. The summed E-state index contributed by atoms with van der Waals surface area (Å²) in [5.41, 5.74) is -1.68. The number of carbonyl (C=O) groups excluding carboxylic acids is 1. The Balaban J connectivity index is 2.49. The Kier molecular flexibility index (Phi) is 4.82. The van der Waals surface area contributed by atoms with Crippen LogP contribution < -0.4 is 5.32 Å². The number of carbonyl (C=O) groups is 1. The first kappa shape index (κ1) is 15.1. The van der Waals surface area contributed by atoms with Gasteiger partial charge in [-0.1, -0.05) is 0 Å². The highest BCUT2D eigenvalue weighted by atomic mass is 35.5. The molecule has 102 valence electrons. The molecule has 0 bridgehead atoms. The number of aliphatic hydroxyl groups is 1. The zero-order valence-corrected chi connectivity index (χ0v) is 11.8. The van der Waals surface area contributed by atoms with Crippen LogP contribution in [0, 0.1) is 5.41 Å². The van der Waals surface area contributed by atoms with Gasteiger partial charge in [-0.2, -0.15) is 0 Å². The summed E-state index contributed by atoms with van der Waals surface area (Å²) in [5, 5.41) is 12.9. The molecule has 0 fully saturated rings. The minimum Gasteiger partial charge on any atom is -0.469 e. The molecule has 0 radical (unpaired) electrons. The molecular weight excluding hydrogens is 254 g/mol. The van der Waals surface area contributed by atoms with Crippen molar-refractivity contribution in [3.8, 4) is 0 Å². The third-order valence-corrected chi connectivity index (χ3v) is 3.38. The highest BCUT2D eigenvalue weighted by Crippen LogP contribution is 2.18. The number of hydrogen-bond acceptors (Lipinski definition) is 3. The Morgan fingerprint density at radius 1 is 1.50 bits per heavy atom. The van der Waals surface area contributed by atoms with Gasteiger partial charge in [-0.05, 0) is 32.9 Å². The monoisotopic (exact) mass is 273 g/mol. The van der Waals surface area contributed by atoms with Gasteiger partial charge < -0.3 is 14.8 Å². The maximum atomic E-state index is 11.8. The molecule has 1 heterocycles. The third kappa shape index (κ3) is 4.35. The Morgan fingerprint density at radius 2 is 2.17 bits per heavy atom. The van der Waals surface area contributed by atoms with Gasteiger partial charge in [-0.3, -0.25) is 4.79 Å². The Morgan fingerprint density at radius 3 is 2.67 bits per heavy atom. The van der Waals surface area contributed by atoms with Crippen molar-refractivity contribution in [2.45, 2.75) is 32.8 Å². The van der Waals surface area contributed by atoms with E-state index in [-0.39, 0.29) is 18.3 Å². The van der Waals surface area contributed by atoms with Crippen molar-refractivity contribution < 1.29 is 14.3 Å². The molecule has 4 nitrogen and oxygen atoms in total. The molecular formula is C13H20ClNO3. The Bertz CT molecular complexity index is 385. The van der Waals surface area contributed by atoms with Crippen molar-refractivity contribution in [3.05, 3.63) is 24.2 Å². The SMILES string of the molecule is CC(O)(CNC(=O)C(C)(C)CCl)Cc1ccco1. The number of nitrogens with one attached hydrogen (secondary N) is 1. The van der Waals surface area contributed by atoms with Gasteiger partial charge in [0.1, 0.15) is 5.76 Å². The second-order valence-electron chi connectivity index (χ2n) is 5.45. The van der Waals surface area contributed by atoms with Crippen molar-refractivity contribution >= 4 is 17.5 Å². The van der Waals surface area contributed by atoms with E-state index in [1.807, 2.05) is 0 Å². The van der Waals surface area contributed by atoms with Crippen LogP contribution in [0.3, 0.4) is 0 Å². The Labute approximate surface area is 112 Å². The summed E-state index contributed by atoms with van der Waals surface area (Å²) in [7, 11) is 0. The van der Waals surface area contributed by atoms with Gasteiger partial charge >= 0.3 is 0 Å². The predicted molar refractivity (Wildman–Crippen MR) is 70.5 cm³/mol. The molecule has 1 unspecified atom stereocenters. The lowest BCUT2D eigenvalue weighted by molar-refractivity contribution is -0.129. The summed E-state index contributed by atoms with van der Waals surface area (Å²) >= 11 is 5.71. The lowest BCUT2D eigenvalue weighted by atomic mass is 9.94. The molecule has 0 saturated heterocycles. The fourth-order valence-electron chi connectivity index (χ4n) is 1.42. The second kappa shape index (κ2) is 5.76. The molecule has 0 aromatic carbocycles. The van der Waals surface area contributed by atoms with Gasteiger partial charge in [-0.15, -0.1) is 11.6 Å². The number of hydrogen-bond donors (Lipinski definition) is 2. The number of rotatable bonds is 6. The molecule has 1 atom stereocenters. The number of halogens is 1. The second-order valence-corrected chi connectivity index (χ2v) is 5.72. The minimum atomic E-state index is -1.05. The van der Waals surface area contributed by atoms with Crippen LogP contribution in [0.4, 0.5) is 0 Å². The summed E-state index contributed by atoms with van der Waals surface area (Å²) in [4.78, 5) is 11.8. The van der Waals surface area contributed by atoms with Gasteiger partial charge in [-0.25, -0.2) is 0 Å². The number of amides is 1. The largest absolute Gasteiger partial charge is 0.469 e. The van der Waals surface area contributed by atoms with Crippen LogP contribution in [0.5, 0.6) is 0 Å². The zero-order valence-electron chi connectivity index (χ0n) is 11.0. The number of furan rings is 1. The molecule has 2 N–H and O–H groups in total.